The van der Waals surface area contributed by atoms with Crippen LogP contribution in [-0.2, 0) is 11.3 Å². The quantitative estimate of drug-likeness (QED) is 0.861. The summed E-state index contributed by atoms with van der Waals surface area (Å²) < 4.78 is 0. The molecule has 0 saturated carbocycles. The zero-order valence-electron chi connectivity index (χ0n) is 15.0. The lowest BCUT2D eigenvalue weighted by Gasteiger charge is -2.35. The van der Waals surface area contributed by atoms with Gasteiger partial charge in [-0.15, -0.1) is 0 Å². The molecule has 0 radical (unpaired) electrons. The van der Waals surface area contributed by atoms with Gasteiger partial charge in [0.1, 0.15) is 0 Å². The average molecular weight is 342 g/mol. The third-order valence-electron chi connectivity index (χ3n) is 6.20. The van der Waals surface area contributed by atoms with Gasteiger partial charge in [-0.1, -0.05) is 12.1 Å². The minimum absolute atomic E-state index is 0.0942. The van der Waals surface area contributed by atoms with Crippen molar-refractivity contribution in [3.63, 3.8) is 0 Å². The number of amides is 1. The van der Waals surface area contributed by atoms with Gasteiger partial charge >= 0.3 is 0 Å². The maximum atomic E-state index is 11.6. The predicted molar refractivity (Wildman–Crippen MR) is 100 cm³/mol. The Labute approximate surface area is 150 Å². The van der Waals surface area contributed by atoms with Gasteiger partial charge in [0.25, 0.3) is 0 Å². The molecule has 0 aromatic heterocycles. The maximum absolute atomic E-state index is 11.6. The number of nitrogens with one attached hydrogen (secondary N) is 1. The Balaban J connectivity index is 1.37. The molecule has 3 aliphatic rings. The summed E-state index contributed by atoms with van der Waals surface area (Å²) in [5.74, 6) is -0.185. The molecule has 0 spiro atoms. The monoisotopic (exact) mass is 342 g/mol. The third-order valence-corrected chi connectivity index (χ3v) is 6.20. The van der Waals surface area contributed by atoms with E-state index in [2.05, 4.69) is 39.4 Å². The number of likely N-dealkylation sites (tertiary alicyclic amines) is 1. The summed E-state index contributed by atoms with van der Waals surface area (Å²) in [5, 5.41) is 3.76. The van der Waals surface area contributed by atoms with Crippen molar-refractivity contribution >= 4 is 11.6 Å². The minimum atomic E-state index is -0.185. The van der Waals surface area contributed by atoms with E-state index in [0.717, 1.165) is 32.0 Å². The number of piperidine rings is 1. The van der Waals surface area contributed by atoms with E-state index < -0.39 is 0 Å². The van der Waals surface area contributed by atoms with Crippen LogP contribution in [0.3, 0.4) is 0 Å². The zero-order valence-corrected chi connectivity index (χ0v) is 15.0. The zero-order chi connectivity index (χ0) is 17.2. The first kappa shape index (κ1) is 16.9. The topological polar surface area (TPSA) is 61.6 Å². The molecule has 3 unspecified atom stereocenters. The molecule has 3 aliphatic heterocycles. The van der Waals surface area contributed by atoms with Gasteiger partial charge in [0, 0.05) is 30.9 Å². The highest BCUT2D eigenvalue weighted by Gasteiger charge is 2.32. The number of anilines is 1. The first-order valence-corrected chi connectivity index (χ1v) is 9.82. The van der Waals surface area contributed by atoms with Crippen molar-refractivity contribution in [3.8, 4) is 0 Å². The Hall–Kier alpha value is -1.59. The van der Waals surface area contributed by atoms with Crippen molar-refractivity contribution in [2.75, 3.05) is 25.0 Å². The van der Waals surface area contributed by atoms with Crippen molar-refractivity contribution in [2.45, 2.75) is 63.2 Å². The van der Waals surface area contributed by atoms with E-state index in [1.807, 2.05) is 0 Å². The summed E-state index contributed by atoms with van der Waals surface area (Å²) in [4.78, 5) is 16.5. The number of hydrogen-bond acceptors (Lipinski definition) is 4. The van der Waals surface area contributed by atoms with E-state index in [9.17, 15) is 4.79 Å². The molecule has 3 saturated heterocycles. The molecule has 1 amide bonds. The molecule has 4 rings (SSSR count). The van der Waals surface area contributed by atoms with Gasteiger partial charge in [0.2, 0.25) is 5.91 Å². The second-order valence-electron chi connectivity index (χ2n) is 7.93. The number of rotatable bonds is 5. The fourth-order valence-electron chi connectivity index (χ4n) is 4.92. The Morgan fingerprint density at radius 3 is 2.92 bits per heavy atom. The van der Waals surface area contributed by atoms with Crippen molar-refractivity contribution in [1.82, 2.24) is 9.80 Å². The van der Waals surface area contributed by atoms with Crippen molar-refractivity contribution in [2.24, 2.45) is 5.73 Å². The van der Waals surface area contributed by atoms with Gasteiger partial charge in [0.05, 0.1) is 6.04 Å². The number of benzene rings is 1. The van der Waals surface area contributed by atoms with Crippen molar-refractivity contribution in [1.29, 1.82) is 0 Å². The van der Waals surface area contributed by atoms with E-state index >= 15 is 0 Å². The summed E-state index contributed by atoms with van der Waals surface area (Å²) in [6, 6.07) is 9.97. The molecule has 1 aromatic carbocycles. The molecule has 3 N–H and O–H groups in total. The minimum Gasteiger partial charge on any atom is -0.382 e. The highest BCUT2D eigenvalue weighted by molar-refractivity contribution is 5.80. The molecule has 3 heterocycles. The lowest BCUT2D eigenvalue weighted by Crippen LogP contribution is -2.42. The van der Waals surface area contributed by atoms with E-state index in [1.54, 1.807) is 0 Å². The number of nitrogens with zero attached hydrogens (tertiary/aromatic N) is 2. The Kier molecular flexibility index (Phi) is 4.95. The molecule has 0 bridgehead atoms. The molecule has 136 valence electrons. The fraction of sp³-hybridized carbons (Fsp3) is 0.650. The molecule has 0 aliphatic carbocycles. The van der Waals surface area contributed by atoms with Crippen LogP contribution in [0.2, 0.25) is 0 Å². The standard InChI is InChI=1S/C20H30N4O/c21-20(25)19-7-3-10-24(19)14-15-4-1-5-16(12-15)22-17-8-11-23-9-2-6-18(23)13-17/h1,4-5,12,17-19,22H,2-3,6-11,13-14H2,(H2,21,25). The molecular formula is C20H30N4O. The predicted octanol–water partition coefficient (Wildman–Crippen LogP) is 2.17. The Morgan fingerprint density at radius 2 is 2.04 bits per heavy atom. The van der Waals surface area contributed by atoms with Gasteiger partial charge in [-0.25, -0.2) is 0 Å². The fourth-order valence-corrected chi connectivity index (χ4v) is 4.92. The number of primary amides is 1. The second kappa shape index (κ2) is 7.34. The second-order valence-corrected chi connectivity index (χ2v) is 7.93. The maximum Gasteiger partial charge on any atom is 0.234 e. The van der Waals surface area contributed by atoms with Crippen LogP contribution in [0.15, 0.2) is 24.3 Å². The molecular weight excluding hydrogens is 312 g/mol. The van der Waals surface area contributed by atoms with Gasteiger partial charge in [0.15, 0.2) is 0 Å². The number of hydrogen-bond donors (Lipinski definition) is 2. The third kappa shape index (κ3) is 3.82. The molecule has 25 heavy (non-hydrogen) atoms. The largest absolute Gasteiger partial charge is 0.382 e. The van der Waals surface area contributed by atoms with E-state index in [-0.39, 0.29) is 11.9 Å². The first-order valence-electron chi connectivity index (χ1n) is 9.82. The smallest absolute Gasteiger partial charge is 0.234 e. The number of fused-ring (bicyclic) bond motifs is 1. The van der Waals surface area contributed by atoms with Crippen LogP contribution in [0.5, 0.6) is 0 Å². The van der Waals surface area contributed by atoms with E-state index in [4.69, 9.17) is 5.73 Å². The molecule has 5 heteroatoms. The highest BCUT2D eigenvalue weighted by atomic mass is 16.1. The lowest BCUT2D eigenvalue weighted by molar-refractivity contribution is -0.122. The molecule has 5 nitrogen and oxygen atoms in total. The van der Waals surface area contributed by atoms with Crippen molar-refractivity contribution in [3.05, 3.63) is 29.8 Å². The summed E-state index contributed by atoms with van der Waals surface area (Å²) in [6.45, 7) is 4.30. The van der Waals surface area contributed by atoms with Crippen LogP contribution in [0.25, 0.3) is 0 Å². The summed E-state index contributed by atoms with van der Waals surface area (Å²) >= 11 is 0. The van der Waals surface area contributed by atoms with Gasteiger partial charge in [-0.3, -0.25) is 9.69 Å². The first-order chi connectivity index (χ1) is 12.2. The summed E-state index contributed by atoms with van der Waals surface area (Å²) in [6.07, 6.45) is 7.18. The molecule has 1 aromatic rings. The van der Waals surface area contributed by atoms with E-state index in [1.165, 1.54) is 50.0 Å². The van der Waals surface area contributed by atoms with Gasteiger partial charge < -0.3 is 16.0 Å². The van der Waals surface area contributed by atoms with Crippen LogP contribution >= 0.6 is 0 Å². The lowest BCUT2D eigenvalue weighted by atomic mass is 9.97. The van der Waals surface area contributed by atoms with E-state index in [0.29, 0.717) is 6.04 Å². The Morgan fingerprint density at radius 1 is 1.16 bits per heavy atom. The number of carbonyl (C=O) groups is 1. The van der Waals surface area contributed by atoms with Gasteiger partial charge in [-0.2, -0.15) is 0 Å². The van der Waals surface area contributed by atoms with Gasteiger partial charge in [-0.05, 0) is 69.3 Å². The number of carbonyl (C=O) groups excluding carboxylic acids is 1. The summed E-state index contributed by atoms with van der Waals surface area (Å²) in [5.41, 5.74) is 8.01. The average Bonchev–Trinajstić information content (AvgIpc) is 3.23. The van der Waals surface area contributed by atoms with Crippen LogP contribution in [0.4, 0.5) is 5.69 Å². The molecule has 3 fully saturated rings. The van der Waals surface area contributed by atoms with Crippen LogP contribution in [-0.4, -0.2) is 53.5 Å². The molecule has 3 atom stereocenters. The van der Waals surface area contributed by atoms with Crippen LogP contribution in [0, 0.1) is 0 Å². The highest BCUT2D eigenvalue weighted by Crippen LogP contribution is 2.29. The SMILES string of the molecule is NC(=O)C1CCCN1Cc1cccc(NC2CCN3CCCC3C2)c1. The van der Waals surface area contributed by atoms with Crippen LogP contribution < -0.4 is 11.1 Å². The number of nitrogens with two attached hydrogens (primary N) is 1. The Bertz CT molecular complexity index is 619. The normalized spacial score (nSPS) is 30.3. The van der Waals surface area contributed by atoms with Crippen molar-refractivity contribution < 1.29 is 4.79 Å². The van der Waals surface area contributed by atoms with Crippen LogP contribution in [0.1, 0.15) is 44.1 Å². The summed E-state index contributed by atoms with van der Waals surface area (Å²) in [7, 11) is 0.